The minimum absolute atomic E-state index is 0.0539. The van der Waals surface area contributed by atoms with E-state index in [0.717, 1.165) is 58.2 Å². The maximum atomic E-state index is 13.8. The fourth-order valence-corrected chi connectivity index (χ4v) is 7.03. The molecule has 35 heavy (non-hydrogen) atoms. The summed E-state index contributed by atoms with van der Waals surface area (Å²) in [4.78, 5) is 32.9. The SMILES string of the molecule is C=C/C=C/CC(C(=O)N1CCC(C(=O)N2CCCCC2)CC1)N(C=C)CC1C2=C3CC(=C1C2)C3Cl. The number of amides is 2. The van der Waals surface area contributed by atoms with Gasteiger partial charge in [0, 0.05) is 44.6 Å². The summed E-state index contributed by atoms with van der Waals surface area (Å²) in [5.41, 5.74) is 5.82. The highest BCUT2D eigenvalue weighted by molar-refractivity contribution is 6.26. The molecule has 6 aliphatic carbocycles. The topological polar surface area (TPSA) is 43.9 Å². The van der Waals surface area contributed by atoms with E-state index in [1.807, 2.05) is 28.2 Å². The maximum absolute atomic E-state index is 13.8. The van der Waals surface area contributed by atoms with Crippen LogP contribution in [0.15, 0.2) is 59.9 Å². The van der Waals surface area contributed by atoms with Crippen LogP contribution in [0.1, 0.15) is 51.4 Å². The summed E-state index contributed by atoms with van der Waals surface area (Å²) in [6.45, 7) is 11.7. The first-order valence-corrected chi connectivity index (χ1v) is 13.8. The van der Waals surface area contributed by atoms with Crippen LogP contribution in [0.25, 0.3) is 0 Å². The van der Waals surface area contributed by atoms with Gasteiger partial charge < -0.3 is 14.7 Å². The number of carbonyl (C=O) groups excluding carboxylic acids is 2. The monoisotopic (exact) mass is 495 g/mol. The molecule has 2 amide bonds. The van der Waals surface area contributed by atoms with Crippen LogP contribution in [-0.2, 0) is 9.59 Å². The fourth-order valence-electron chi connectivity index (χ4n) is 6.59. The summed E-state index contributed by atoms with van der Waals surface area (Å²) in [6.07, 6.45) is 15.3. The van der Waals surface area contributed by atoms with Crippen LogP contribution in [0.3, 0.4) is 0 Å². The van der Waals surface area contributed by atoms with Crippen molar-refractivity contribution in [3.05, 3.63) is 59.9 Å². The third-order valence-electron chi connectivity index (χ3n) is 8.81. The number of carbonyl (C=O) groups is 2. The van der Waals surface area contributed by atoms with Crippen LogP contribution in [-0.4, -0.2) is 70.7 Å². The van der Waals surface area contributed by atoms with Crippen molar-refractivity contribution in [2.24, 2.45) is 11.8 Å². The number of nitrogens with zero attached hydrogens (tertiary/aromatic N) is 3. The molecule has 1 atom stereocenters. The molecule has 0 N–H and O–H groups in total. The van der Waals surface area contributed by atoms with Crippen molar-refractivity contribution in [2.45, 2.75) is 62.8 Å². The smallest absolute Gasteiger partial charge is 0.245 e. The van der Waals surface area contributed by atoms with E-state index < -0.39 is 0 Å². The van der Waals surface area contributed by atoms with Crippen molar-refractivity contribution in [1.29, 1.82) is 0 Å². The molecule has 4 fully saturated rings. The normalized spacial score (nSPS) is 26.9. The summed E-state index contributed by atoms with van der Waals surface area (Å²) in [6, 6.07) is -0.293. The number of hydrogen-bond donors (Lipinski definition) is 0. The number of allylic oxidation sites excluding steroid dienone is 4. The summed E-state index contributed by atoms with van der Waals surface area (Å²) in [5.74, 6) is 0.890. The van der Waals surface area contributed by atoms with Crippen LogP contribution >= 0.6 is 11.6 Å². The number of alkyl halides is 1. The van der Waals surface area contributed by atoms with E-state index in [-0.39, 0.29) is 23.2 Å². The Hall–Kier alpha value is -2.27. The van der Waals surface area contributed by atoms with Gasteiger partial charge in [-0.25, -0.2) is 0 Å². The predicted octanol–water partition coefficient (Wildman–Crippen LogP) is 4.82. The predicted molar refractivity (Wildman–Crippen MR) is 141 cm³/mol. The minimum Gasteiger partial charge on any atom is -0.365 e. The zero-order chi connectivity index (χ0) is 24.5. The molecule has 1 unspecified atom stereocenters. The van der Waals surface area contributed by atoms with Gasteiger partial charge in [0.15, 0.2) is 0 Å². The quantitative estimate of drug-likeness (QED) is 0.261. The van der Waals surface area contributed by atoms with Gasteiger partial charge in [-0.05, 0) is 68.7 Å². The molecule has 0 spiro atoms. The molecule has 2 saturated carbocycles. The third-order valence-corrected chi connectivity index (χ3v) is 9.34. The molecule has 0 aromatic carbocycles. The molecule has 6 heteroatoms. The van der Waals surface area contributed by atoms with Crippen molar-refractivity contribution < 1.29 is 9.59 Å². The lowest BCUT2D eigenvalue weighted by Gasteiger charge is -2.53. The molecule has 2 heterocycles. The summed E-state index contributed by atoms with van der Waals surface area (Å²) >= 11 is 6.50. The lowest BCUT2D eigenvalue weighted by atomic mass is 9.56. The van der Waals surface area contributed by atoms with Gasteiger partial charge in [0.2, 0.25) is 11.8 Å². The van der Waals surface area contributed by atoms with E-state index >= 15 is 0 Å². The highest BCUT2D eigenvalue weighted by atomic mass is 35.5. The first-order chi connectivity index (χ1) is 17.0. The largest absolute Gasteiger partial charge is 0.365 e. The summed E-state index contributed by atoms with van der Waals surface area (Å²) in [7, 11) is 0. The molecular weight excluding hydrogens is 458 g/mol. The Balaban J connectivity index is 1.23. The minimum atomic E-state index is -0.293. The second-order valence-electron chi connectivity index (χ2n) is 10.6. The Bertz CT molecular complexity index is 956. The lowest BCUT2D eigenvalue weighted by Crippen LogP contribution is -2.53. The van der Waals surface area contributed by atoms with Crippen LogP contribution in [0, 0.1) is 11.8 Å². The molecule has 8 rings (SSSR count). The first kappa shape index (κ1) is 24.4. The Morgan fingerprint density at radius 3 is 2.23 bits per heavy atom. The second kappa shape index (κ2) is 10.4. The number of halogens is 1. The van der Waals surface area contributed by atoms with Crippen molar-refractivity contribution in [3.8, 4) is 0 Å². The summed E-state index contributed by atoms with van der Waals surface area (Å²) in [5, 5.41) is 0.143. The zero-order valence-corrected chi connectivity index (χ0v) is 21.5. The molecule has 4 bridgehead atoms. The second-order valence-corrected chi connectivity index (χ2v) is 11.1. The number of rotatable bonds is 9. The average Bonchev–Trinajstić information content (AvgIpc) is 2.91. The van der Waals surface area contributed by atoms with Gasteiger partial charge in [0.1, 0.15) is 6.04 Å². The summed E-state index contributed by atoms with van der Waals surface area (Å²) < 4.78 is 0. The van der Waals surface area contributed by atoms with Crippen LogP contribution in [0.5, 0.6) is 0 Å². The first-order valence-electron chi connectivity index (χ1n) is 13.3. The van der Waals surface area contributed by atoms with Gasteiger partial charge in [0.05, 0.1) is 5.38 Å². The van der Waals surface area contributed by atoms with Crippen LogP contribution in [0.4, 0.5) is 0 Å². The van der Waals surface area contributed by atoms with Gasteiger partial charge in [-0.3, -0.25) is 9.59 Å². The number of piperidine rings is 2. The van der Waals surface area contributed by atoms with Gasteiger partial charge in [-0.1, -0.05) is 42.5 Å². The van der Waals surface area contributed by atoms with Crippen molar-refractivity contribution in [1.82, 2.24) is 14.7 Å². The van der Waals surface area contributed by atoms with E-state index in [1.54, 1.807) is 6.08 Å². The van der Waals surface area contributed by atoms with Gasteiger partial charge in [-0.15, -0.1) is 11.6 Å². The van der Waals surface area contributed by atoms with E-state index in [0.29, 0.717) is 31.3 Å². The Morgan fingerprint density at radius 1 is 0.971 bits per heavy atom. The molecule has 5 nitrogen and oxygen atoms in total. The highest BCUT2D eigenvalue weighted by Gasteiger charge is 2.49. The number of likely N-dealkylation sites (tertiary alicyclic amines) is 2. The number of hydrogen-bond acceptors (Lipinski definition) is 3. The van der Waals surface area contributed by atoms with Gasteiger partial charge in [-0.2, -0.15) is 0 Å². The standard InChI is InChI=1S/C29H38ClN3O2/c1-3-5-7-10-26(31(4-2)19-25-21-17-22(25)24-18-23(21)27(24)30)29(35)33-15-11-20(12-16-33)28(34)32-13-8-6-9-14-32/h3-5,7,20,25-27H,1-2,6,8-19H2/b7-5+. The van der Waals surface area contributed by atoms with E-state index in [9.17, 15) is 9.59 Å². The third kappa shape index (κ3) is 4.52. The van der Waals surface area contributed by atoms with Crippen molar-refractivity contribution >= 4 is 23.4 Å². The molecule has 188 valence electrons. The zero-order valence-electron chi connectivity index (χ0n) is 20.8. The van der Waals surface area contributed by atoms with Gasteiger partial charge >= 0.3 is 0 Å². The molecule has 0 aromatic heterocycles. The molecule has 0 radical (unpaired) electrons. The Morgan fingerprint density at radius 2 is 1.63 bits per heavy atom. The highest BCUT2D eigenvalue weighted by Crippen LogP contribution is 2.60. The Kier molecular flexibility index (Phi) is 7.24. The Labute approximate surface area is 214 Å². The van der Waals surface area contributed by atoms with Crippen molar-refractivity contribution in [3.63, 3.8) is 0 Å². The van der Waals surface area contributed by atoms with Gasteiger partial charge in [0.25, 0.3) is 0 Å². The van der Waals surface area contributed by atoms with Crippen molar-refractivity contribution in [2.75, 3.05) is 32.7 Å². The fraction of sp³-hybridized carbons (Fsp3) is 0.586. The molecular formula is C29H38ClN3O2. The molecule has 0 aromatic rings. The molecule has 8 aliphatic rings. The maximum Gasteiger partial charge on any atom is 0.245 e. The van der Waals surface area contributed by atoms with E-state index in [2.05, 4.69) is 18.1 Å². The lowest BCUT2D eigenvalue weighted by molar-refractivity contribution is -0.143. The van der Waals surface area contributed by atoms with E-state index in [1.165, 1.54) is 28.7 Å². The van der Waals surface area contributed by atoms with Crippen LogP contribution < -0.4 is 0 Å². The average molecular weight is 496 g/mol. The van der Waals surface area contributed by atoms with E-state index in [4.69, 9.17) is 11.6 Å². The molecule has 2 aliphatic heterocycles. The molecule has 2 saturated heterocycles. The van der Waals surface area contributed by atoms with Crippen LogP contribution in [0.2, 0.25) is 0 Å².